The molecular formula is C23H24Cl2N2O2. The van der Waals surface area contributed by atoms with Gasteiger partial charge in [-0.05, 0) is 48.2 Å². The maximum atomic E-state index is 13.6. The van der Waals surface area contributed by atoms with E-state index in [4.69, 9.17) is 23.2 Å². The first-order chi connectivity index (χ1) is 14.0. The molecule has 1 aliphatic carbocycles. The van der Waals surface area contributed by atoms with Crippen LogP contribution in [0.4, 0.5) is 0 Å². The highest BCUT2D eigenvalue weighted by Crippen LogP contribution is 2.34. The van der Waals surface area contributed by atoms with Crippen LogP contribution < -0.4 is 0 Å². The monoisotopic (exact) mass is 430 g/mol. The van der Waals surface area contributed by atoms with Crippen molar-refractivity contribution in [1.29, 1.82) is 0 Å². The van der Waals surface area contributed by atoms with Gasteiger partial charge in [-0.1, -0.05) is 66.7 Å². The summed E-state index contributed by atoms with van der Waals surface area (Å²) in [5, 5.41) is 1.25. The van der Waals surface area contributed by atoms with Gasteiger partial charge in [0.1, 0.15) is 12.6 Å². The summed E-state index contributed by atoms with van der Waals surface area (Å²) in [7, 11) is 0. The highest BCUT2D eigenvalue weighted by atomic mass is 35.5. The largest absolute Gasteiger partial charge is 0.328 e. The van der Waals surface area contributed by atoms with Crippen molar-refractivity contribution in [2.75, 3.05) is 6.54 Å². The molecule has 2 aromatic rings. The molecule has 4 rings (SSSR count). The van der Waals surface area contributed by atoms with Crippen LogP contribution in [-0.4, -0.2) is 34.2 Å². The zero-order chi connectivity index (χ0) is 20.4. The molecule has 1 saturated carbocycles. The SMILES string of the molecule is O=C1[C@@H](c2ccc(Cl)cc2)N(Cc2ccc(Cl)cc2)C(=O)CN1C1CCCCC1. The Morgan fingerprint density at radius 3 is 2.03 bits per heavy atom. The third-order valence-corrected chi connectivity index (χ3v) is 6.43. The number of carbonyl (C=O) groups excluding carboxylic acids is 2. The van der Waals surface area contributed by atoms with Crippen molar-refractivity contribution in [1.82, 2.24) is 9.80 Å². The van der Waals surface area contributed by atoms with Gasteiger partial charge in [-0.15, -0.1) is 0 Å². The number of benzene rings is 2. The van der Waals surface area contributed by atoms with Gasteiger partial charge in [0.15, 0.2) is 0 Å². The Morgan fingerprint density at radius 2 is 1.41 bits per heavy atom. The normalized spacial score (nSPS) is 21.0. The van der Waals surface area contributed by atoms with Crippen molar-refractivity contribution in [3.05, 3.63) is 69.7 Å². The number of halogens is 2. The van der Waals surface area contributed by atoms with Crippen molar-refractivity contribution < 1.29 is 9.59 Å². The number of nitrogens with zero attached hydrogens (tertiary/aromatic N) is 2. The minimum atomic E-state index is -0.633. The van der Waals surface area contributed by atoms with E-state index in [9.17, 15) is 9.59 Å². The summed E-state index contributed by atoms with van der Waals surface area (Å²) in [5.74, 6) is -0.0159. The Hall–Kier alpha value is -2.04. The maximum Gasteiger partial charge on any atom is 0.250 e. The zero-order valence-electron chi connectivity index (χ0n) is 16.2. The summed E-state index contributed by atoms with van der Waals surface area (Å²) >= 11 is 12.1. The molecule has 0 unspecified atom stereocenters. The highest BCUT2D eigenvalue weighted by molar-refractivity contribution is 6.30. The lowest BCUT2D eigenvalue weighted by molar-refractivity contribution is -0.160. The molecule has 1 heterocycles. The van der Waals surface area contributed by atoms with Crippen LogP contribution >= 0.6 is 23.2 Å². The lowest BCUT2D eigenvalue weighted by atomic mass is 9.91. The molecular weight excluding hydrogens is 407 g/mol. The highest BCUT2D eigenvalue weighted by Gasteiger charge is 2.42. The fourth-order valence-corrected chi connectivity index (χ4v) is 4.64. The summed E-state index contributed by atoms with van der Waals surface area (Å²) in [6, 6.07) is 14.2. The Kier molecular flexibility index (Phi) is 6.12. The van der Waals surface area contributed by atoms with Crippen LogP contribution in [0.15, 0.2) is 48.5 Å². The zero-order valence-corrected chi connectivity index (χ0v) is 17.7. The Bertz CT molecular complexity index is 877. The van der Waals surface area contributed by atoms with Gasteiger partial charge >= 0.3 is 0 Å². The molecule has 2 fully saturated rings. The van der Waals surface area contributed by atoms with Crippen LogP contribution in [0, 0.1) is 0 Å². The fraction of sp³-hybridized carbons (Fsp3) is 0.391. The smallest absolute Gasteiger partial charge is 0.250 e. The fourth-order valence-electron chi connectivity index (χ4n) is 4.38. The first kappa shape index (κ1) is 20.2. The second-order valence-corrected chi connectivity index (χ2v) is 8.73. The van der Waals surface area contributed by atoms with Gasteiger partial charge in [-0.3, -0.25) is 9.59 Å². The first-order valence-electron chi connectivity index (χ1n) is 10.1. The van der Waals surface area contributed by atoms with E-state index < -0.39 is 6.04 Å². The molecule has 0 spiro atoms. The molecule has 2 aromatic carbocycles. The molecule has 2 aliphatic rings. The van der Waals surface area contributed by atoms with Crippen molar-refractivity contribution >= 4 is 35.0 Å². The van der Waals surface area contributed by atoms with Gasteiger partial charge in [0.2, 0.25) is 5.91 Å². The average Bonchev–Trinajstić information content (AvgIpc) is 2.74. The van der Waals surface area contributed by atoms with E-state index in [1.165, 1.54) is 6.42 Å². The van der Waals surface area contributed by atoms with Gasteiger partial charge in [0.05, 0.1) is 0 Å². The molecule has 1 atom stereocenters. The molecule has 29 heavy (non-hydrogen) atoms. The lowest BCUT2D eigenvalue weighted by Gasteiger charge is -2.44. The number of hydrogen-bond acceptors (Lipinski definition) is 2. The summed E-state index contributed by atoms with van der Waals surface area (Å²) < 4.78 is 0. The van der Waals surface area contributed by atoms with Crippen molar-refractivity contribution in [2.24, 2.45) is 0 Å². The predicted octanol–water partition coefficient (Wildman–Crippen LogP) is 5.24. The Balaban J connectivity index is 1.66. The van der Waals surface area contributed by atoms with E-state index in [1.54, 1.807) is 29.2 Å². The van der Waals surface area contributed by atoms with E-state index >= 15 is 0 Å². The van der Waals surface area contributed by atoms with Gasteiger partial charge in [0.25, 0.3) is 5.91 Å². The number of carbonyl (C=O) groups is 2. The molecule has 6 heteroatoms. The third kappa shape index (κ3) is 4.44. The van der Waals surface area contributed by atoms with E-state index in [-0.39, 0.29) is 24.4 Å². The van der Waals surface area contributed by atoms with Gasteiger partial charge < -0.3 is 9.80 Å². The van der Waals surface area contributed by atoms with Crippen molar-refractivity contribution in [3.8, 4) is 0 Å². The standard InChI is InChI=1S/C23H24Cl2N2O2/c24-18-10-6-16(7-11-18)14-27-21(28)15-26(20-4-2-1-3-5-20)23(29)22(27)17-8-12-19(25)13-9-17/h6-13,20,22H,1-5,14-15H2/t22-/m1/s1. The predicted molar refractivity (Wildman–Crippen MR) is 115 cm³/mol. The van der Waals surface area contributed by atoms with Crippen molar-refractivity contribution in [3.63, 3.8) is 0 Å². The second-order valence-electron chi connectivity index (χ2n) is 7.86. The average molecular weight is 431 g/mol. The minimum absolute atomic E-state index is 0.00721. The molecule has 0 bridgehead atoms. The van der Waals surface area contributed by atoms with Crippen LogP contribution in [0.3, 0.4) is 0 Å². The van der Waals surface area contributed by atoms with E-state index in [0.717, 1.165) is 36.8 Å². The number of rotatable bonds is 4. The van der Waals surface area contributed by atoms with Crippen LogP contribution in [0.5, 0.6) is 0 Å². The minimum Gasteiger partial charge on any atom is -0.328 e. The molecule has 0 aromatic heterocycles. The summed E-state index contributed by atoms with van der Waals surface area (Å²) in [6.07, 6.45) is 5.38. The second kappa shape index (κ2) is 8.76. The summed E-state index contributed by atoms with van der Waals surface area (Å²) in [4.78, 5) is 30.3. The summed E-state index contributed by atoms with van der Waals surface area (Å²) in [6.45, 7) is 0.523. The van der Waals surface area contributed by atoms with Crippen LogP contribution in [0.1, 0.15) is 49.3 Å². The molecule has 152 valence electrons. The molecule has 1 aliphatic heterocycles. The molecule has 0 radical (unpaired) electrons. The van der Waals surface area contributed by atoms with Crippen molar-refractivity contribution in [2.45, 2.75) is 50.7 Å². The number of hydrogen-bond donors (Lipinski definition) is 0. The van der Waals surface area contributed by atoms with E-state index in [2.05, 4.69) is 0 Å². The number of amides is 2. The van der Waals surface area contributed by atoms with Gasteiger partial charge in [0, 0.05) is 22.6 Å². The maximum absolute atomic E-state index is 13.6. The lowest BCUT2D eigenvalue weighted by Crippen LogP contribution is -2.58. The summed E-state index contributed by atoms with van der Waals surface area (Å²) in [5.41, 5.74) is 1.74. The van der Waals surface area contributed by atoms with E-state index in [1.807, 2.05) is 29.2 Å². The van der Waals surface area contributed by atoms with Crippen LogP contribution in [0.25, 0.3) is 0 Å². The third-order valence-electron chi connectivity index (χ3n) is 5.92. The molecule has 2 amide bonds. The quantitative estimate of drug-likeness (QED) is 0.665. The van der Waals surface area contributed by atoms with Gasteiger partial charge in [-0.25, -0.2) is 0 Å². The topological polar surface area (TPSA) is 40.6 Å². The molecule has 4 nitrogen and oxygen atoms in total. The number of piperazine rings is 1. The molecule has 0 N–H and O–H groups in total. The Morgan fingerprint density at radius 1 is 0.828 bits per heavy atom. The van der Waals surface area contributed by atoms with Crippen LogP contribution in [-0.2, 0) is 16.1 Å². The van der Waals surface area contributed by atoms with Crippen LogP contribution in [0.2, 0.25) is 10.0 Å². The Labute approximate surface area is 181 Å². The van der Waals surface area contributed by atoms with Gasteiger partial charge in [-0.2, -0.15) is 0 Å². The molecule has 1 saturated heterocycles. The van der Waals surface area contributed by atoms with E-state index in [0.29, 0.717) is 16.6 Å². The first-order valence-corrected chi connectivity index (χ1v) is 10.9.